The van der Waals surface area contributed by atoms with Crippen molar-refractivity contribution in [2.45, 2.75) is 52.0 Å². The minimum atomic E-state index is -0.295. The average Bonchev–Trinajstić information content (AvgIpc) is 2.81. The number of aliphatic hydroxyl groups excluding tert-OH is 1. The monoisotopic (exact) mass is 311 g/mol. The van der Waals surface area contributed by atoms with Crippen molar-refractivity contribution >= 4 is 17.5 Å². The maximum absolute atomic E-state index is 12.4. The molecule has 2 unspecified atom stereocenters. The van der Waals surface area contributed by atoms with E-state index in [0.717, 1.165) is 19.3 Å². The average molecular weight is 312 g/mol. The molecular formula is C15H22ClN3O2. The smallest absolute Gasteiger partial charge is 0.271 e. The Balaban J connectivity index is 2.19. The Morgan fingerprint density at radius 3 is 2.95 bits per heavy atom. The highest BCUT2D eigenvalue weighted by atomic mass is 35.5. The summed E-state index contributed by atoms with van der Waals surface area (Å²) in [7, 11) is 0. The first-order chi connectivity index (χ1) is 9.87. The molecule has 2 atom stereocenters. The Morgan fingerprint density at radius 2 is 2.33 bits per heavy atom. The van der Waals surface area contributed by atoms with Crippen LogP contribution in [0.3, 0.4) is 0 Å². The predicted octanol–water partition coefficient (Wildman–Crippen LogP) is 2.53. The van der Waals surface area contributed by atoms with Crippen LogP contribution in [0, 0.1) is 5.41 Å². The molecule has 0 aromatic carbocycles. The van der Waals surface area contributed by atoms with Gasteiger partial charge in [0.05, 0.1) is 17.8 Å². The molecule has 0 spiro atoms. The van der Waals surface area contributed by atoms with E-state index in [1.165, 1.54) is 6.20 Å². The van der Waals surface area contributed by atoms with Crippen LogP contribution in [-0.4, -0.2) is 33.6 Å². The second-order valence-electron chi connectivity index (χ2n) is 6.31. The minimum absolute atomic E-state index is 0.0523. The van der Waals surface area contributed by atoms with E-state index in [1.54, 1.807) is 0 Å². The van der Waals surface area contributed by atoms with E-state index in [2.05, 4.69) is 15.3 Å². The lowest BCUT2D eigenvalue weighted by atomic mass is 9.86. The summed E-state index contributed by atoms with van der Waals surface area (Å²) in [6, 6.07) is -0.0523. The molecule has 5 nitrogen and oxygen atoms in total. The van der Waals surface area contributed by atoms with Crippen LogP contribution in [0.15, 0.2) is 6.20 Å². The van der Waals surface area contributed by atoms with Gasteiger partial charge in [0.1, 0.15) is 11.5 Å². The molecule has 0 bridgehead atoms. The molecule has 0 radical (unpaired) electrons. The maximum Gasteiger partial charge on any atom is 0.271 e. The van der Waals surface area contributed by atoms with Crippen LogP contribution in [0.4, 0.5) is 0 Å². The number of nitrogens with zero attached hydrogens (tertiary/aromatic N) is 2. The van der Waals surface area contributed by atoms with Crippen LogP contribution in [0.5, 0.6) is 0 Å². The van der Waals surface area contributed by atoms with E-state index < -0.39 is 0 Å². The van der Waals surface area contributed by atoms with Crippen molar-refractivity contribution in [3.05, 3.63) is 22.7 Å². The molecule has 1 aliphatic carbocycles. The number of aliphatic hydroxyl groups is 1. The van der Waals surface area contributed by atoms with Gasteiger partial charge in [0.2, 0.25) is 0 Å². The summed E-state index contributed by atoms with van der Waals surface area (Å²) >= 11 is 6.05. The zero-order valence-corrected chi connectivity index (χ0v) is 13.4. The van der Waals surface area contributed by atoms with Gasteiger partial charge in [0.15, 0.2) is 0 Å². The molecular weight excluding hydrogens is 290 g/mol. The highest BCUT2D eigenvalue weighted by Gasteiger charge is 2.39. The number of amides is 1. The fourth-order valence-electron chi connectivity index (χ4n) is 2.71. The van der Waals surface area contributed by atoms with Crippen molar-refractivity contribution < 1.29 is 9.90 Å². The van der Waals surface area contributed by atoms with E-state index in [9.17, 15) is 9.90 Å². The molecule has 21 heavy (non-hydrogen) atoms. The molecule has 2 N–H and O–H groups in total. The molecule has 1 aliphatic rings. The van der Waals surface area contributed by atoms with Crippen molar-refractivity contribution in [2.24, 2.45) is 5.41 Å². The van der Waals surface area contributed by atoms with E-state index in [4.69, 9.17) is 11.6 Å². The Hall–Kier alpha value is -1.20. The molecule has 6 heteroatoms. The third-order valence-corrected chi connectivity index (χ3v) is 4.52. The number of hydrogen-bond donors (Lipinski definition) is 2. The first-order valence-electron chi connectivity index (χ1n) is 7.31. The number of hydrogen-bond acceptors (Lipinski definition) is 4. The summed E-state index contributed by atoms with van der Waals surface area (Å²) in [5.74, 6) is 0.430. The van der Waals surface area contributed by atoms with Gasteiger partial charge in [-0.2, -0.15) is 0 Å². The van der Waals surface area contributed by atoms with Crippen molar-refractivity contribution in [3.8, 4) is 0 Å². The van der Waals surface area contributed by atoms with Gasteiger partial charge in [0, 0.05) is 17.4 Å². The quantitative estimate of drug-likeness (QED) is 0.896. The first-order valence-corrected chi connectivity index (χ1v) is 7.69. The van der Waals surface area contributed by atoms with Crippen molar-refractivity contribution in [1.82, 2.24) is 15.3 Å². The van der Waals surface area contributed by atoms with Crippen LogP contribution in [0.1, 0.15) is 62.3 Å². The molecule has 1 amide bonds. The minimum Gasteiger partial charge on any atom is -0.396 e. The Bertz CT molecular complexity index is 536. The number of aromatic nitrogens is 2. The standard InChI is InChI=1S/C15H22ClN3O2/c1-9(2)13-17-7-10(16)12(19-13)14(21)18-11-5-4-6-15(11,3)8-20/h7,9,11,20H,4-6,8H2,1-3H3,(H,18,21). The lowest BCUT2D eigenvalue weighted by Crippen LogP contribution is -2.45. The molecule has 0 aliphatic heterocycles. The first kappa shape index (κ1) is 16.2. The summed E-state index contributed by atoms with van der Waals surface area (Å²) in [5, 5.41) is 12.8. The van der Waals surface area contributed by atoms with E-state index >= 15 is 0 Å². The summed E-state index contributed by atoms with van der Waals surface area (Å²) in [4.78, 5) is 20.8. The Morgan fingerprint density at radius 1 is 1.62 bits per heavy atom. The number of nitrogens with one attached hydrogen (secondary N) is 1. The van der Waals surface area contributed by atoms with Gasteiger partial charge in [-0.1, -0.05) is 38.8 Å². The van der Waals surface area contributed by atoms with Crippen LogP contribution >= 0.6 is 11.6 Å². The predicted molar refractivity (Wildman–Crippen MR) is 81.4 cm³/mol. The van der Waals surface area contributed by atoms with Gasteiger partial charge >= 0.3 is 0 Å². The number of rotatable bonds is 4. The highest BCUT2D eigenvalue weighted by molar-refractivity contribution is 6.33. The van der Waals surface area contributed by atoms with Gasteiger partial charge in [-0.15, -0.1) is 0 Å². The summed E-state index contributed by atoms with van der Waals surface area (Å²) in [6.45, 7) is 5.98. The van der Waals surface area contributed by atoms with Crippen molar-refractivity contribution in [2.75, 3.05) is 6.61 Å². The molecule has 1 aromatic rings. The highest BCUT2D eigenvalue weighted by Crippen LogP contribution is 2.37. The molecule has 0 saturated heterocycles. The third-order valence-electron chi connectivity index (χ3n) is 4.24. The van der Waals surface area contributed by atoms with Gasteiger partial charge in [-0.3, -0.25) is 4.79 Å². The summed E-state index contributed by atoms with van der Waals surface area (Å²) in [6.07, 6.45) is 4.24. The molecule has 1 aromatic heterocycles. The Kier molecular flexibility index (Phi) is 4.84. The van der Waals surface area contributed by atoms with Gasteiger partial charge in [-0.05, 0) is 12.8 Å². The Labute approximate surface area is 130 Å². The normalized spacial score (nSPS) is 25.3. The lowest BCUT2D eigenvalue weighted by molar-refractivity contribution is 0.0825. The fraction of sp³-hybridized carbons (Fsp3) is 0.667. The third kappa shape index (κ3) is 3.35. The van der Waals surface area contributed by atoms with Gasteiger partial charge in [-0.25, -0.2) is 9.97 Å². The molecule has 2 rings (SSSR count). The van der Waals surface area contributed by atoms with Crippen LogP contribution in [-0.2, 0) is 0 Å². The fourth-order valence-corrected chi connectivity index (χ4v) is 2.89. The van der Waals surface area contributed by atoms with E-state index in [0.29, 0.717) is 5.82 Å². The van der Waals surface area contributed by atoms with E-state index in [1.807, 2.05) is 20.8 Å². The second kappa shape index (κ2) is 6.28. The number of halogens is 1. The zero-order chi connectivity index (χ0) is 15.6. The summed E-state index contributed by atoms with van der Waals surface area (Å²) < 4.78 is 0. The molecule has 116 valence electrons. The maximum atomic E-state index is 12.4. The molecule has 1 saturated carbocycles. The largest absolute Gasteiger partial charge is 0.396 e. The van der Waals surface area contributed by atoms with Crippen molar-refractivity contribution in [1.29, 1.82) is 0 Å². The second-order valence-corrected chi connectivity index (χ2v) is 6.72. The van der Waals surface area contributed by atoms with Crippen LogP contribution in [0.25, 0.3) is 0 Å². The SMILES string of the molecule is CC(C)c1ncc(Cl)c(C(=O)NC2CCCC2(C)CO)n1. The molecule has 1 heterocycles. The summed E-state index contributed by atoms with van der Waals surface area (Å²) in [5.41, 5.74) is -0.0571. The molecule has 1 fully saturated rings. The van der Waals surface area contributed by atoms with Gasteiger partial charge in [0.25, 0.3) is 5.91 Å². The number of carbonyl (C=O) groups is 1. The van der Waals surface area contributed by atoms with Crippen LogP contribution < -0.4 is 5.32 Å². The van der Waals surface area contributed by atoms with Crippen molar-refractivity contribution in [3.63, 3.8) is 0 Å². The number of carbonyl (C=O) groups excluding carboxylic acids is 1. The lowest BCUT2D eigenvalue weighted by Gasteiger charge is -2.30. The van der Waals surface area contributed by atoms with Crippen LogP contribution in [0.2, 0.25) is 5.02 Å². The van der Waals surface area contributed by atoms with E-state index in [-0.39, 0.29) is 40.6 Å². The van der Waals surface area contributed by atoms with Gasteiger partial charge < -0.3 is 10.4 Å². The zero-order valence-electron chi connectivity index (χ0n) is 12.7. The topological polar surface area (TPSA) is 75.1 Å².